The Hall–Kier alpha value is -2.41. The second kappa shape index (κ2) is 8.11. The Balaban J connectivity index is 1.58. The number of likely N-dealkylation sites (tertiary alicyclic amines) is 1. The van der Waals surface area contributed by atoms with Crippen LogP contribution < -0.4 is 5.32 Å². The Morgan fingerprint density at radius 3 is 2.84 bits per heavy atom. The predicted molar refractivity (Wildman–Crippen MR) is 91.8 cm³/mol. The number of aliphatic hydroxyl groups excluding tert-OH is 1. The van der Waals surface area contributed by atoms with E-state index in [-0.39, 0.29) is 24.5 Å². The van der Waals surface area contributed by atoms with Crippen LogP contribution in [0.1, 0.15) is 31.4 Å². The number of benzene rings is 1. The average Bonchev–Trinajstić information content (AvgIpc) is 3.10. The number of amides is 2. The maximum atomic E-state index is 13.0. The highest BCUT2D eigenvalue weighted by atomic mass is 19.1. The molecule has 0 aliphatic carbocycles. The number of hydrogen-bond acceptors (Lipinski definition) is 3. The molecule has 1 saturated heterocycles. The maximum Gasteiger partial charge on any atom is 0.317 e. The zero-order valence-electron chi connectivity index (χ0n) is 14.1. The van der Waals surface area contributed by atoms with Gasteiger partial charge in [0.25, 0.3) is 0 Å². The van der Waals surface area contributed by atoms with Crippen LogP contribution in [0.5, 0.6) is 0 Å². The van der Waals surface area contributed by atoms with Crippen molar-refractivity contribution in [3.05, 3.63) is 48.0 Å². The predicted octanol–water partition coefficient (Wildman–Crippen LogP) is 2.46. The minimum atomic E-state index is -0.289. The number of nitrogens with one attached hydrogen (secondary N) is 1. The van der Waals surface area contributed by atoms with Crippen molar-refractivity contribution in [3.63, 3.8) is 0 Å². The molecule has 1 aliphatic heterocycles. The number of piperidine rings is 1. The largest absolute Gasteiger partial charge is 0.396 e. The molecule has 0 radical (unpaired) electrons. The van der Waals surface area contributed by atoms with Gasteiger partial charge in [0.15, 0.2) is 0 Å². The number of rotatable bonds is 5. The Bertz CT molecular complexity index is 699. The lowest BCUT2D eigenvalue weighted by atomic mass is 10.0. The molecule has 25 heavy (non-hydrogen) atoms. The number of hydrogen-bond donors (Lipinski definition) is 2. The summed E-state index contributed by atoms with van der Waals surface area (Å²) < 4.78 is 14.6. The standard InChI is InChI=1S/C18H23FN4O2/c19-14-4-6-17(7-5-14)23-11-8-15(21-23)13-20-18(25)22-10-2-1-3-16(22)9-12-24/h4-8,11,16,24H,1-3,9-10,12-13H2,(H,20,25). The molecule has 1 aromatic heterocycles. The highest BCUT2D eigenvalue weighted by Crippen LogP contribution is 2.19. The number of aromatic nitrogens is 2. The summed E-state index contributed by atoms with van der Waals surface area (Å²) in [6.07, 6.45) is 5.43. The molecule has 0 saturated carbocycles. The Morgan fingerprint density at radius 2 is 2.08 bits per heavy atom. The van der Waals surface area contributed by atoms with Gasteiger partial charge in [-0.1, -0.05) is 0 Å². The molecule has 1 atom stereocenters. The minimum absolute atomic E-state index is 0.0938. The molecule has 3 rings (SSSR count). The fraction of sp³-hybridized carbons (Fsp3) is 0.444. The normalized spacial score (nSPS) is 17.5. The van der Waals surface area contributed by atoms with E-state index in [0.29, 0.717) is 13.0 Å². The van der Waals surface area contributed by atoms with E-state index in [4.69, 9.17) is 5.11 Å². The molecule has 1 aromatic carbocycles. The van der Waals surface area contributed by atoms with Gasteiger partial charge in [-0.05, 0) is 56.0 Å². The van der Waals surface area contributed by atoms with Crippen molar-refractivity contribution in [3.8, 4) is 5.69 Å². The molecule has 7 heteroatoms. The molecule has 1 fully saturated rings. The molecule has 0 spiro atoms. The van der Waals surface area contributed by atoms with Gasteiger partial charge in [0.2, 0.25) is 0 Å². The van der Waals surface area contributed by atoms with Crippen LogP contribution in [-0.2, 0) is 6.54 Å². The zero-order valence-corrected chi connectivity index (χ0v) is 14.1. The number of carbonyl (C=O) groups excluding carboxylic acids is 1. The first-order chi connectivity index (χ1) is 12.2. The lowest BCUT2D eigenvalue weighted by Gasteiger charge is -2.35. The summed E-state index contributed by atoms with van der Waals surface area (Å²) in [7, 11) is 0. The molecular weight excluding hydrogens is 323 g/mol. The van der Waals surface area contributed by atoms with E-state index in [2.05, 4.69) is 10.4 Å². The highest BCUT2D eigenvalue weighted by Gasteiger charge is 2.26. The topological polar surface area (TPSA) is 70.4 Å². The van der Waals surface area contributed by atoms with E-state index in [1.807, 2.05) is 11.0 Å². The summed E-state index contributed by atoms with van der Waals surface area (Å²) in [5.74, 6) is -0.289. The van der Waals surface area contributed by atoms with Crippen molar-refractivity contribution in [1.82, 2.24) is 20.0 Å². The van der Waals surface area contributed by atoms with Crippen LogP contribution in [-0.4, -0.2) is 45.0 Å². The van der Waals surface area contributed by atoms with Gasteiger partial charge in [-0.2, -0.15) is 5.10 Å². The average molecular weight is 346 g/mol. The van der Waals surface area contributed by atoms with E-state index in [9.17, 15) is 9.18 Å². The molecule has 2 aromatic rings. The van der Waals surface area contributed by atoms with Crippen molar-refractivity contribution in [1.29, 1.82) is 0 Å². The minimum Gasteiger partial charge on any atom is -0.396 e. The first-order valence-electron chi connectivity index (χ1n) is 8.63. The first kappa shape index (κ1) is 17.4. The molecule has 2 amide bonds. The molecule has 2 heterocycles. The summed E-state index contributed by atoms with van der Waals surface area (Å²) in [5, 5.41) is 16.5. The van der Waals surface area contributed by atoms with Crippen LogP contribution in [0.4, 0.5) is 9.18 Å². The third-order valence-corrected chi connectivity index (χ3v) is 4.51. The van der Waals surface area contributed by atoms with Gasteiger partial charge < -0.3 is 15.3 Å². The van der Waals surface area contributed by atoms with Crippen molar-refractivity contribution < 1.29 is 14.3 Å². The molecule has 2 N–H and O–H groups in total. The lowest BCUT2D eigenvalue weighted by molar-refractivity contribution is 0.131. The van der Waals surface area contributed by atoms with E-state index >= 15 is 0 Å². The lowest BCUT2D eigenvalue weighted by Crippen LogP contribution is -2.48. The van der Waals surface area contributed by atoms with Crippen molar-refractivity contribution >= 4 is 6.03 Å². The van der Waals surface area contributed by atoms with Gasteiger partial charge in [0, 0.05) is 25.4 Å². The third kappa shape index (κ3) is 4.36. The fourth-order valence-electron chi connectivity index (χ4n) is 3.18. The van der Waals surface area contributed by atoms with Crippen LogP contribution in [0.3, 0.4) is 0 Å². The summed E-state index contributed by atoms with van der Waals surface area (Å²) in [6.45, 7) is 1.15. The summed E-state index contributed by atoms with van der Waals surface area (Å²) in [5.41, 5.74) is 1.49. The summed E-state index contributed by atoms with van der Waals surface area (Å²) >= 11 is 0. The fourth-order valence-corrected chi connectivity index (χ4v) is 3.18. The SMILES string of the molecule is O=C(NCc1ccn(-c2ccc(F)cc2)n1)N1CCCCC1CCO. The number of halogens is 1. The Morgan fingerprint density at radius 1 is 1.28 bits per heavy atom. The smallest absolute Gasteiger partial charge is 0.317 e. The monoisotopic (exact) mass is 346 g/mol. The Kier molecular flexibility index (Phi) is 5.65. The molecular formula is C18H23FN4O2. The highest BCUT2D eigenvalue weighted by molar-refractivity contribution is 5.74. The number of nitrogens with zero attached hydrogens (tertiary/aromatic N) is 3. The second-order valence-corrected chi connectivity index (χ2v) is 6.24. The zero-order chi connectivity index (χ0) is 17.6. The van der Waals surface area contributed by atoms with Crippen LogP contribution >= 0.6 is 0 Å². The quantitative estimate of drug-likeness (QED) is 0.874. The molecule has 1 aliphatic rings. The van der Waals surface area contributed by atoms with Crippen LogP contribution in [0.15, 0.2) is 36.5 Å². The molecule has 1 unspecified atom stereocenters. The van der Waals surface area contributed by atoms with Crippen molar-refractivity contribution in [2.24, 2.45) is 0 Å². The maximum absolute atomic E-state index is 13.0. The van der Waals surface area contributed by atoms with Crippen LogP contribution in [0, 0.1) is 5.82 Å². The summed E-state index contributed by atoms with van der Waals surface area (Å²) in [4.78, 5) is 14.2. The number of aliphatic hydroxyl groups is 1. The van der Waals surface area contributed by atoms with E-state index in [1.165, 1.54) is 12.1 Å². The van der Waals surface area contributed by atoms with E-state index < -0.39 is 0 Å². The van der Waals surface area contributed by atoms with Gasteiger partial charge in [0.1, 0.15) is 5.82 Å². The number of carbonyl (C=O) groups is 1. The second-order valence-electron chi connectivity index (χ2n) is 6.24. The Labute approximate surface area is 146 Å². The third-order valence-electron chi connectivity index (χ3n) is 4.51. The summed E-state index contributed by atoms with van der Waals surface area (Å²) in [6, 6.07) is 7.89. The van der Waals surface area contributed by atoms with Crippen molar-refractivity contribution in [2.75, 3.05) is 13.2 Å². The van der Waals surface area contributed by atoms with Gasteiger partial charge in [0.05, 0.1) is 17.9 Å². The molecule has 0 bridgehead atoms. The van der Waals surface area contributed by atoms with E-state index in [0.717, 1.165) is 37.2 Å². The van der Waals surface area contributed by atoms with Crippen LogP contribution in [0.25, 0.3) is 5.69 Å². The van der Waals surface area contributed by atoms with Crippen molar-refractivity contribution in [2.45, 2.75) is 38.3 Å². The van der Waals surface area contributed by atoms with Gasteiger partial charge in [-0.25, -0.2) is 13.9 Å². The van der Waals surface area contributed by atoms with E-state index in [1.54, 1.807) is 23.0 Å². The van der Waals surface area contributed by atoms with Gasteiger partial charge >= 0.3 is 6.03 Å². The molecule has 134 valence electrons. The van der Waals surface area contributed by atoms with Gasteiger partial charge in [-0.3, -0.25) is 0 Å². The van der Waals surface area contributed by atoms with Crippen LogP contribution in [0.2, 0.25) is 0 Å². The first-order valence-corrected chi connectivity index (χ1v) is 8.63. The van der Waals surface area contributed by atoms with Gasteiger partial charge in [-0.15, -0.1) is 0 Å². The number of urea groups is 1. The molecule has 6 nitrogen and oxygen atoms in total.